The molecule has 1 saturated heterocycles. The molecule has 0 amide bonds. The van der Waals surface area contributed by atoms with E-state index in [9.17, 15) is 0 Å². The van der Waals surface area contributed by atoms with Crippen LogP contribution >= 0.6 is 0 Å². The van der Waals surface area contributed by atoms with Crippen molar-refractivity contribution >= 4 is 6.08 Å². The highest BCUT2D eigenvalue weighted by Crippen LogP contribution is 2.25. The molecular formula is C20H30N2. The van der Waals surface area contributed by atoms with Gasteiger partial charge in [-0.25, -0.2) is 0 Å². The van der Waals surface area contributed by atoms with Gasteiger partial charge < -0.3 is 10.6 Å². The molecule has 2 N–H and O–H groups in total. The lowest BCUT2D eigenvalue weighted by molar-refractivity contribution is 0.190. The molecule has 0 unspecified atom stereocenters. The van der Waals surface area contributed by atoms with Crippen molar-refractivity contribution in [3.8, 4) is 0 Å². The maximum atomic E-state index is 6.63. The summed E-state index contributed by atoms with van der Waals surface area (Å²) >= 11 is 0. The van der Waals surface area contributed by atoms with Crippen LogP contribution in [0.5, 0.6) is 0 Å². The minimum Gasteiger partial charge on any atom is -0.325 e. The van der Waals surface area contributed by atoms with E-state index in [4.69, 9.17) is 5.73 Å². The second-order valence-electron chi connectivity index (χ2n) is 7.14. The lowest BCUT2D eigenvalue weighted by Crippen LogP contribution is -2.50. The molecule has 0 aromatic heterocycles. The Morgan fingerprint density at radius 2 is 1.95 bits per heavy atom. The highest BCUT2D eigenvalue weighted by Gasteiger charge is 2.29. The number of hydrogen-bond donors (Lipinski definition) is 1. The number of hydrogen-bond acceptors (Lipinski definition) is 2. The maximum absolute atomic E-state index is 6.63. The summed E-state index contributed by atoms with van der Waals surface area (Å²) in [4.78, 5) is 2.37. The molecule has 0 saturated carbocycles. The van der Waals surface area contributed by atoms with Gasteiger partial charge in [-0.1, -0.05) is 42.0 Å². The van der Waals surface area contributed by atoms with Crippen molar-refractivity contribution in [1.82, 2.24) is 4.90 Å². The second kappa shape index (κ2) is 7.26. The lowest BCUT2D eigenvalue weighted by atomic mass is 9.82. The lowest BCUT2D eigenvalue weighted by Gasteiger charge is -2.38. The quantitative estimate of drug-likeness (QED) is 0.853. The maximum Gasteiger partial charge on any atom is 0.0219 e. The molecule has 0 atom stereocenters. The van der Waals surface area contributed by atoms with Gasteiger partial charge in [0.15, 0.2) is 0 Å². The third kappa shape index (κ3) is 4.82. The van der Waals surface area contributed by atoms with Gasteiger partial charge in [-0.05, 0) is 76.9 Å². The predicted molar refractivity (Wildman–Crippen MR) is 97.0 cm³/mol. The van der Waals surface area contributed by atoms with Gasteiger partial charge in [0.05, 0.1) is 0 Å². The van der Waals surface area contributed by atoms with Crippen LogP contribution in [0.15, 0.2) is 35.9 Å². The van der Waals surface area contributed by atoms with Crippen LogP contribution in [0.4, 0.5) is 0 Å². The van der Waals surface area contributed by atoms with E-state index in [1.807, 2.05) is 0 Å². The van der Waals surface area contributed by atoms with Crippen LogP contribution in [-0.4, -0.2) is 30.6 Å². The monoisotopic (exact) mass is 298 g/mol. The van der Waals surface area contributed by atoms with Crippen LogP contribution in [0, 0.1) is 6.92 Å². The summed E-state index contributed by atoms with van der Waals surface area (Å²) in [6.45, 7) is 8.61. The molecule has 1 aromatic carbocycles. The molecule has 0 aliphatic carbocycles. The number of nitrogens with two attached hydrogens (primary N) is 1. The van der Waals surface area contributed by atoms with Crippen LogP contribution in [-0.2, 0) is 6.42 Å². The summed E-state index contributed by atoms with van der Waals surface area (Å²) in [6, 6.07) is 6.76. The number of piperidine rings is 1. The first-order valence-electron chi connectivity index (χ1n) is 8.26. The Morgan fingerprint density at radius 1 is 1.27 bits per heavy atom. The molecule has 22 heavy (non-hydrogen) atoms. The Kier molecular flexibility index (Phi) is 5.60. The third-order valence-corrected chi connectivity index (χ3v) is 4.59. The zero-order chi connectivity index (χ0) is 16.2. The molecule has 1 aromatic rings. The summed E-state index contributed by atoms with van der Waals surface area (Å²) in [7, 11) is 2.18. The fourth-order valence-corrected chi connectivity index (χ4v) is 2.97. The van der Waals surface area contributed by atoms with Crippen LogP contribution in [0.1, 0.15) is 43.4 Å². The zero-order valence-corrected chi connectivity index (χ0v) is 14.5. The normalized spacial score (nSPS) is 18.6. The van der Waals surface area contributed by atoms with Gasteiger partial charge in [-0.3, -0.25) is 0 Å². The van der Waals surface area contributed by atoms with E-state index in [-0.39, 0.29) is 5.54 Å². The van der Waals surface area contributed by atoms with E-state index in [2.05, 4.69) is 69.1 Å². The Labute approximate surface area is 135 Å². The SMILES string of the molecule is CC(C)=C/C=C\c1cc(CC2(N)CCN(C)CC2)ccc1C. The molecule has 2 heteroatoms. The molecule has 1 fully saturated rings. The minimum atomic E-state index is -0.0390. The first kappa shape index (κ1) is 17.0. The van der Waals surface area contributed by atoms with Gasteiger partial charge >= 0.3 is 0 Å². The number of aryl methyl sites for hydroxylation is 1. The van der Waals surface area contributed by atoms with Crippen molar-refractivity contribution in [3.63, 3.8) is 0 Å². The van der Waals surface area contributed by atoms with Gasteiger partial charge in [0.25, 0.3) is 0 Å². The molecule has 2 nitrogen and oxygen atoms in total. The molecule has 1 aliphatic heterocycles. The van der Waals surface area contributed by atoms with Crippen molar-refractivity contribution in [2.45, 2.75) is 45.6 Å². The minimum absolute atomic E-state index is 0.0390. The van der Waals surface area contributed by atoms with Gasteiger partial charge in [-0.15, -0.1) is 0 Å². The zero-order valence-electron chi connectivity index (χ0n) is 14.5. The third-order valence-electron chi connectivity index (χ3n) is 4.59. The van der Waals surface area contributed by atoms with E-state index in [1.165, 1.54) is 22.3 Å². The summed E-state index contributed by atoms with van der Waals surface area (Å²) < 4.78 is 0. The summed E-state index contributed by atoms with van der Waals surface area (Å²) in [5.74, 6) is 0. The van der Waals surface area contributed by atoms with Crippen molar-refractivity contribution in [2.24, 2.45) is 5.73 Å². The molecule has 1 heterocycles. The fourth-order valence-electron chi connectivity index (χ4n) is 2.97. The second-order valence-corrected chi connectivity index (χ2v) is 7.14. The van der Waals surface area contributed by atoms with E-state index >= 15 is 0 Å². The Hall–Kier alpha value is -1.38. The van der Waals surface area contributed by atoms with Gasteiger partial charge in [0.1, 0.15) is 0 Å². The Morgan fingerprint density at radius 3 is 2.59 bits per heavy atom. The standard InChI is InChI=1S/C20H30N2/c1-16(2)6-5-7-19-14-18(9-8-17(19)3)15-20(21)10-12-22(4)13-11-20/h5-9,14H,10-13,15,21H2,1-4H3/b7-5-. The highest BCUT2D eigenvalue weighted by atomic mass is 15.1. The van der Waals surface area contributed by atoms with E-state index < -0.39 is 0 Å². The topological polar surface area (TPSA) is 29.3 Å². The summed E-state index contributed by atoms with van der Waals surface area (Å²) in [5.41, 5.74) is 11.9. The van der Waals surface area contributed by atoms with Gasteiger partial charge in [0.2, 0.25) is 0 Å². The smallest absolute Gasteiger partial charge is 0.0219 e. The first-order valence-corrected chi connectivity index (χ1v) is 8.26. The largest absolute Gasteiger partial charge is 0.325 e. The predicted octanol–water partition coefficient (Wildman–Crippen LogP) is 3.94. The molecule has 1 aliphatic rings. The number of rotatable bonds is 4. The number of likely N-dealkylation sites (tertiary alicyclic amines) is 1. The van der Waals surface area contributed by atoms with Crippen molar-refractivity contribution in [3.05, 3.63) is 52.6 Å². The Bertz CT molecular complexity index is 557. The number of benzene rings is 1. The van der Waals surface area contributed by atoms with E-state index in [1.54, 1.807) is 0 Å². The van der Waals surface area contributed by atoms with Crippen LogP contribution in [0.25, 0.3) is 6.08 Å². The van der Waals surface area contributed by atoms with Crippen molar-refractivity contribution < 1.29 is 0 Å². The molecule has 0 bridgehead atoms. The number of allylic oxidation sites excluding steroid dienone is 3. The Balaban J connectivity index is 2.12. The average Bonchev–Trinajstić information content (AvgIpc) is 2.45. The molecular weight excluding hydrogens is 268 g/mol. The number of nitrogens with zero attached hydrogens (tertiary/aromatic N) is 1. The van der Waals surface area contributed by atoms with Crippen molar-refractivity contribution in [2.75, 3.05) is 20.1 Å². The van der Waals surface area contributed by atoms with Crippen LogP contribution in [0.3, 0.4) is 0 Å². The molecule has 0 spiro atoms. The highest BCUT2D eigenvalue weighted by molar-refractivity contribution is 5.56. The van der Waals surface area contributed by atoms with E-state index in [0.717, 1.165) is 32.4 Å². The van der Waals surface area contributed by atoms with Crippen molar-refractivity contribution in [1.29, 1.82) is 0 Å². The van der Waals surface area contributed by atoms with E-state index in [0.29, 0.717) is 0 Å². The first-order chi connectivity index (χ1) is 10.4. The average molecular weight is 298 g/mol. The van der Waals surface area contributed by atoms with Crippen LogP contribution in [0.2, 0.25) is 0 Å². The summed E-state index contributed by atoms with van der Waals surface area (Å²) in [6.07, 6.45) is 9.62. The summed E-state index contributed by atoms with van der Waals surface area (Å²) in [5, 5.41) is 0. The van der Waals surface area contributed by atoms with Gasteiger partial charge in [-0.2, -0.15) is 0 Å². The molecule has 120 valence electrons. The molecule has 0 radical (unpaired) electrons. The fraction of sp³-hybridized carbons (Fsp3) is 0.500. The van der Waals surface area contributed by atoms with Gasteiger partial charge in [0, 0.05) is 5.54 Å². The van der Waals surface area contributed by atoms with Crippen LogP contribution < -0.4 is 5.73 Å². The molecule has 2 rings (SSSR count).